The third kappa shape index (κ3) is 4.56. The molecule has 0 spiro atoms. The Labute approximate surface area is 137 Å². The van der Waals surface area contributed by atoms with E-state index in [2.05, 4.69) is 20.1 Å². The lowest BCUT2D eigenvalue weighted by Crippen LogP contribution is -2.22. The van der Waals surface area contributed by atoms with Gasteiger partial charge in [-0.2, -0.15) is 0 Å². The Morgan fingerprint density at radius 1 is 1.17 bits per heavy atom. The Bertz CT molecular complexity index is 805. The second kappa shape index (κ2) is 7.77. The number of aliphatic hydroxyl groups is 1. The zero-order valence-electron chi connectivity index (χ0n) is 13.6. The van der Waals surface area contributed by atoms with Gasteiger partial charge in [0.2, 0.25) is 0 Å². The molecule has 0 heterocycles. The molecule has 0 aliphatic heterocycles. The average molecular weight is 310 g/mol. The maximum atomic E-state index is 14.4. The summed E-state index contributed by atoms with van der Waals surface area (Å²) >= 11 is 0. The van der Waals surface area contributed by atoms with Gasteiger partial charge in [-0.05, 0) is 52.6 Å². The van der Waals surface area contributed by atoms with Gasteiger partial charge in [0.25, 0.3) is 0 Å². The lowest BCUT2D eigenvalue weighted by atomic mass is 9.99. The number of hydrogen-bond acceptors (Lipinski definition) is 1. The number of allylic oxidation sites excluding steroid dienone is 1. The molecule has 0 saturated heterocycles. The highest BCUT2D eigenvalue weighted by Crippen LogP contribution is 2.22. The van der Waals surface area contributed by atoms with Gasteiger partial charge >= 0.3 is 0 Å². The second-order valence-corrected chi connectivity index (χ2v) is 5.82. The van der Waals surface area contributed by atoms with Crippen molar-refractivity contribution in [3.05, 3.63) is 70.6 Å². The minimum atomic E-state index is -0.207. The molecule has 120 valence electrons. The fraction of sp³-hybridized carbons (Fsp3) is 0.238. The van der Waals surface area contributed by atoms with Crippen LogP contribution in [0.3, 0.4) is 0 Å². The van der Waals surface area contributed by atoms with Gasteiger partial charge in [-0.3, -0.25) is 0 Å². The molecule has 0 aromatic heterocycles. The molecule has 0 aliphatic rings. The quantitative estimate of drug-likeness (QED) is 0.616. The number of hydrogen-bond donors (Lipinski definition) is 1. The SMILES string of the molecule is C=C(O)/C=c1/ccc(-c2ccc(CCCCC)cc2F)cc1=C. The third-order valence-electron chi connectivity index (χ3n) is 3.88. The lowest BCUT2D eigenvalue weighted by Gasteiger charge is -2.07. The predicted molar refractivity (Wildman–Crippen MR) is 96.1 cm³/mol. The summed E-state index contributed by atoms with van der Waals surface area (Å²) in [5.41, 5.74) is 2.40. The number of rotatable bonds is 6. The summed E-state index contributed by atoms with van der Waals surface area (Å²) in [5.74, 6) is -0.230. The van der Waals surface area contributed by atoms with Crippen molar-refractivity contribution in [2.45, 2.75) is 32.6 Å². The summed E-state index contributed by atoms with van der Waals surface area (Å²) in [7, 11) is 0. The molecular formula is C21H23FO. The lowest BCUT2D eigenvalue weighted by molar-refractivity contribution is 0.444. The molecule has 0 atom stereocenters. The minimum Gasteiger partial charge on any atom is -0.509 e. The second-order valence-electron chi connectivity index (χ2n) is 5.82. The largest absolute Gasteiger partial charge is 0.509 e. The minimum absolute atomic E-state index is 0.0229. The van der Waals surface area contributed by atoms with E-state index in [0.29, 0.717) is 5.56 Å². The van der Waals surface area contributed by atoms with Crippen molar-refractivity contribution in [2.24, 2.45) is 0 Å². The predicted octanol–water partition coefficient (Wildman–Crippen LogP) is 4.49. The van der Waals surface area contributed by atoms with Crippen molar-refractivity contribution >= 4 is 12.7 Å². The maximum Gasteiger partial charge on any atom is 0.131 e. The normalized spacial score (nSPS) is 11.7. The Morgan fingerprint density at radius 2 is 1.96 bits per heavy atom. The van der Waals surface area contributed by atoms with Crippen molar-refractivity contribution in [1.29, 1.82) is 0 Å². The van der Waals surface area contributed by atoms with E-state index in [1.807, 2.05) is 30.3 Å². The van der Waals surface area contributed by atoms with Crippen LogP contribution in [-0.2, 0) is 6.42 Å². The Kier molecular flexibility index (Phi) is 5.75. The molecule has 0 saturated carbocycles. The van der Waals surface area contributed by atoms with E-state index in [1.165, 1.54) is 6.42 Å². The van der Waals surface area contributed by atoms with Crippen LogP contribution in [0.4, 0.5) is 4.39 Å². The van der Waals surface area contributed by atoms with Gasteiger partial charge in [-0.15, -0.1) is 0 Å². The molecule has 1 N–H and O–H groups in total. The molecule has 0 amide bonds. The highest BCUT2D eigenvalue weighted by molar-refractivity contribution is 5.65. The van der Waals surface area contributed by atoms with Gasteiger partial charge in [-0.25, -0.2) is 4.39 Å². The first kappa shape index (κ1) is 17.0. The van der Waals surface area contributed by atoms with Gasteiger partial charge in [0.1, 0.15) is 11.6 Å². The van der Waals surface area contributed by atoms with Crippen LogP contribution in [0.15, 0.2) is 48.7 Å². The molecule has 23 heavy (non-hydrogen) atoms. The molecule has 2 aromatic carbocycles. The summed E-state index contributed by atoms with van der Waals surface area (Å²) in [6.45, 7) is 9.55. The number of aryl methyl sites for hydroxylation is 1. The molecule has 0 fully saturated rings. The van der Waals surface area contributed by atoms with Crippen LogP contribution in [0, 0.1) is 5.82 Å². The zero-order chi connectivity index (χ0) is 16.8. The van der Waals surface area contributed by atoms with Gasteiger partial charge in [0.15, 0.2) is 0 Å². The van der Waals surface area contributed by atoms with Crippen LogP contribution in [0.1, 0.15) is 31.7 Å². The van der Waals surface area contributed by atoms with Crippen LogP contribution >= 0.6 is 0 Å². The monoisotopic (exact) mass is 310 g/mol. The van der Waals surface area contributed by atoms with Crippen molar-refractivity contribution < 1.29 is 9.50 Å². The number of unbranched alkanes of at least 4 members (excludes halogenated alkanes) is 2. The molecule has 0 unspecified atom stereocenters. The number of aliphatic hydroxyl groups excluding tert-OH is 1. The highest BCUT2D eigenvalue weighted by Gasteiger charge is 2.06. The van der Waals surface area contributed by atoms with Crippen molar-refractivity contribution in [3.8, 4) is 11.1 Å². The van der Waals surface area contributed by atoms with Crippen LogP contribution in [0.2, 0.25) is 0 Å². The van der Waals surface area contributed by atoms with Crippen molar-refractivity contribution in [2.75, 3.05) is 0 Å². The van der Waals surface area contributed by atoms with E-state index in [-0.39, 0.29) is 11.6 Å². The summed E-state index contributed by atoms with van der Waals surface area (Å²) in [6.07, 6.45) is 5.88. The Hall–Kier alpha value is -2.35. The van der Waals surface area contributed by atoms with Crippen LogP contribution in [0.5, 0.6) is 0 Å². The Balaban J connectivity index is 2.30. The zero-order valence-corrected chi connectivity index (χ0v) is 13.6. The topological polar surface area (TPSA) is 20.2 Å². The fourth-order valence-electron chi connectivity index (χ4n) is 2.62. The van der Waals surface area contributed by atoms with Gasteiger partial charge in [0, 0.05) is 5.56 Å². The number of benzene rings is 2. The van der Waals surface area contributed by atoms with E-state index in [0.717, 1.165) is 40.8 Å². The molecule has 0 radical (unpaired) electrons. The molecule has 1 nitrogen and oxygen atoms in total. The molecule has 2 heteroatoms. The van der Waals surface area contributed by atoms with E-state index < -0.39 is 0 Å². The first-order valence-electron chi connectivity index (χ1n) is 7.98. The van der Waals surface area contributed by atoms with Crippen LogP contribution in [-0.4, -0.2) is 5.11 Å². The molecule has 2 rings (SSSR count). The summed E-state index contributed by atoms with van der Waals surface area (Å²) in [5, 5.41) is 10.7. The van der Waals surface area contributed by atoms with E-state index >= 15 is 0 Å². The molecular weight excluding hydrogens is 287 g/mol. The maximum absolute atomic E-state index is 14.4. The van der Waals surface area contributed by atoms with Gasteiger partial charge < -0.3 is 5.11 Å². The molecule has 0 aliphatic carbocycles. The summed E-state index contributed by atoms with van der Waals surface area (Å²) in [4.78, 5) is 0. The van der Waals surface area contributed by atoms with E-state index in [1.54, 1.807) is 12.1 Å². The summed E-state index contributed by atoms with van der Waals surface area (Å²) < 4.78 is 14.4. The van der Waals surface area contributed by atoms with Crippen LogP contribution < -0.4 is 10.4 Å². The average Bonchev–Trinajstić information content (AvgIpc) is 2.49. The van der Waals surface area contributed by atoms with Gasteiger partial charge in [-0.1, -0.05) is 57.2 Å². The molecule has 0 bridgehead atoms. The number of halogens is 1. The smallest absolute Gasteiger partial charge is 0.131 e. The van der Waals surface area contributed by atoms with E-state index in [9.17, 15) is 9.50 Å². The van der Waals surface area contributed by atoms with Crippen molar-refractivity contribution in [1.82, 2.24) is 0 Å². The first-order valence-corrected chi connectivity index (χ1v) is 7.98. The highest BCUT2D eigenvalue weighted by atomic mass is 19.1. The fourth-order valence-corrected chi connectivity index (χ4v) is 2.62. The van der Waals surface area contributed by atoms with Gasteiger partial charge in [0.05, 0.1) is 0 Å². The first-order chi connectivity index (χ1) is 11.0. The van der Waals surface area contributed by atoms with Crippen molar-refractivity contribution in [3.63, 3.8) is 0 Å². The Morgan fingerprint density at radius 3 is 2.57 bits per heavy atom. The molecule has 2 aromatic rings. The summed E-state index contributed by atoms with van der Waals surface area (Å²) in [6, 6.07) is 10.9. The van der Waals surface area contributed by atoms with E-state index in [4.69, 9.17) is 0 Å². The van der Waals surface area contributed by atoms with Crippen LogP contribution in [0.25, 0.3) is 23.8 Å². The standard InChI is InChI=1S/C21H23FO/c1-4-5-6-7-17-8-11-20(21(22)14-17)19-10-9-18(13-16(3)23)15(2)12-19/h8-14,23H,2-7H2,1H3/b18-13-. The third-order valence-corrected chi connectivity index (χ3v) is 3.88.